The van der Waals surface area contributed by atoms with Gasteiger partial charge in [0, 0.05) is 5.69 Å². The van der Waals surface area contributed by atoms with Crippen molar-refractivity contribution in [3.8, 4) is 5.75 Å². The number of nitrogens with zero attached hydrogens (tertiary/aromatic N) is 3. The first-order valence-corrected chi connectivity index (χ1v) is 9.44. The van der Waals surface area contributed by atoms with E-state index < -0.39 is 0 Å². The van der Waals surface area contributed by atoms with Gasteiger partial charge < -0.3 is 10.1 Å². The molecular weight excluding hydrogens is 370 g/mol. The minimum atomic E-state index is -0.268. The van der Waals surface area contributed by atoms with Crippen LogP contribution >= 0.6 is 0 Å². The number of amides is 2. The Morgan fingerprint density at radius 1 is 1.28 bits per heavy atom. The largest absolute Gasteiger partial charge is 0.484 e. The molecule has 1 aliphatic rings. The molecule has 3 aromatic rings. The van der Waals surface area contributed by atoms with Gasteiger partial charge in [-0.25, -0.2) is 4.68 Å². The number of hydrogen-bond acceptors (Lipinski definition) is 5. The molecule has 2 N–H and O–H groups in total. The number of carbonyl (C=O) groups is 2. The van der Waals surface area contributed by atoms with E-state index in [-0.39, 0.29) is 30.9 Å². The van der Waals surface area contributed by atoms with E-state index in [0.717, 1.165) is 23.2 Å². The summed E-state index contributed by atoms with van der Waals surface area (Å²) in [5.74, 6) is 0.628. The van der Waals surface area contributed by atoms with Gasteiger partial charge >= 0.3 is 0 Å². The Bertz CT molecular complexity index is 1050. The summed E-state index contributed by atoms with van der Waals surface area (Å²) in [4.78, 5) is 28.3. The number of nitrogens with one attached hydrogen (secondary N) is 2. The Hall–Kier alpha value is -3.68. The lowest BCUT2D eigenvalue weighted by Crippen LogP contribution is -2.29. The Balaban J connectivity index is 1.44. The smallest absolute Gasteiger partial charge is 0.262 e. The van der Waals surface area contributed by atoms with Crippen LogP contribution in [-0.4, -0.2) is 33.2 Å². The lowest BCUT2D eigenvalue weighted by atomic mass is 10.0. The topological polar surface area (TPSA) is 98.1 Å². The normalized spacial score (nSPS) is 15.3. The molecule has 29 heavy (non-hydrogen) atoms. The molecule has 0 saturated heterocycles. The summed E-state index contributed by atoms with van der Waals surface area (Å²) in [5.41, 5.74) is 2.73. The molecule has 0 aliphatic carbocycles. The van der Waals surface area contributed by atoms with Gasteiger partial charge in [0.05, 0.1) is 12.5 Å². The van der Waals surface area contributed by atoms with E-state index in [1.807, 2.05) is 49.4 Å². The van der Waals surface area contributed by atoms with Crippen molar-refractivity contribution < 1.29 is 14.3 Å². The molecule has 0 radical (unpaired) electrons. The highest BCUT2D eigenvalue weighted by Gasteiger charge is 2.27. The van der Waals surface area contributed by atoms with Crippen molar-refractivity contribution in [3.63, 3.8) is 0 Å². The Morgan fingerprint density at radius 2 is 2.14 bits per heavy atom. The molecule has 0 saturated carbocycles. The predicted molar refractivity (Wildman–Crippen MR) is 108 cm³/mol. The van der Waals surface area contributed by atoms with Crippen molar-refractivity contribution >= 4 is 23.5 Å². The van der Waals surface area contributed by atoms with Crippen LogP contribution in [0.2, 0.25) is 0 Å². The fraction of sp³-hybridized carbons (Fsp3) is 0.238. The number of ether oxygens (including phenoxy) is 1. The van der Waals surface area contributed by atoms with Gasteiger partial charge in [-0.3, -0.25) is 14.9 Å². The van der Waals surface area contributed by atoms with Gasteiger partial charge in [-0.05, 0) is 35.7 Å². The van der Waals surface area contributed by atoms with Crippen LogP contribution in [0.3, 0.4) is 0 Å². The van der Waals surface area contributed by atoms with E-state index in [9.17, 15) is 9.59 Å². The average Bonchev–Trinajstić information content (AvgIpc) is 3.20. The third kappa shape index (κ3) is 4.11. The van der Waals surface area contributed by atoms with Crippen molar-refractivity contribution in [1.29, 1.82) is 0 Å². The van der Waals surface area contributed by atoms with Crippen molar-refractivity contribution in [1.82, 2.24) is 14.8 Å². The summed E-state index contributed by atoms with van der Waals surface area (Å²) >= 11 is 0. The quantitative estimate of drug-likeness (QED) is 0.673. The van der Waals surface area contributed by atoms with Crippen LogP contribution in [0, 0.1) is 0 Å². The van der Waals surface area contributed by atoms with E-state index >= 15 is 0 Å². The Kier molecular flexibility index (Phi) is 5.24. The van der Waals surface area contributed by atoms with Crippen LogP contribution < -0.4 is 15.4 Å². The van der Waals surface area contributed by atoms with Gasteiger partial charge in [-0.2, -0.15) is 10.1 Å². The lowest BCUT2D eigenvalue weighted by Gasteiger charge is -2.24. The standard InChI is InChI=1S/C21H21N5O3/c1-2-14-6-3-4-9-17(14)24-20(28)12-29-16-8-5-7-15(10-16)18-11-19(27)25-21-22-13-23-26(18)21/h3-10,13,18H,2,11-12H2,1H3,(H,24,28)(H,22,23,25,27)/t18-/m1/s1. The molecule has 8 nitrogen and oxygen atoms in total. The van der Waals surface area contributed by atoms with Crippen LogP contribution in [-0.2, 0) is 16.0 Å². The summed E-state index contributed by atoms with van der Waals surface area (Å²) in [6, 6.07) is 14.8. The third-order valence-electron chi connectivity index (χ3n) is 4.78. The number of para-hydroxylation sites is 1. The number of fused-ring (bicyclic) bond motifs is 1. The van der Waals surface area contributed by atoms with Gasteiger partial charge in [0.2, 0.25) is 11.9 Å². The first-order chi connectivity index (χ1) is 14.1. The second kappa shape index (κ2) is 8.14. The maximum Gasteiger partial charge on any atom is 0.262 e. The maximum absolute atomic E-state index is 12.3. The summed E-state index contributed by atoms with van der Waals surface area (Å²) in [6.07, 6.45) is 2.50. The molecule has 0 unspecified atom stereocenters. The Labute approximate surface area is 167 Å². The lowest BCUT2D eigenvalue weighted by molar-refractivity contribution is -0.118. The van der Waals surface area contributed by atoms with Crippen molar-refractivity contribution in [3.05, 3.63) is 66.0 Å². The third-order valence-corrected chi connectivity index (χ3v) is 4.78. The highest BCUT2D eigenvalue weighted by molar-refractivity contribution is 5.92. The number of carbonyl (C=O) groups excluding carboxylic acids is 2. The van der Waals surface area contributed by atoms with Crippen LogP contribution in [0.25, 0.3) is 0 Å². The zero-order chi connectivity index (χ0) is 20.2. The van der Waals surface area contributed by atoms with Gasteiger partial charge in [-0.1, -0.05) is 37.3 Å². The first-order valence-electron chi connectivity index (χ1n) is 9.44. The number of benzene rings is 2. The van der Waals surface area contributed by atoms with Gasteiger partial charge in [0.15, 0.2) is 6.61 Å². The van der Waals surface area contributed by atoms with Crippen LogP contribution in [0.4, 0.5) is 11.6 Å². The number of hydrogen-bond donors (Lipinski definition) is 2. The molecule has 0 fully saturated rings. The molecule has 8 heteroatoms. The fourth-order valence-corrected chi connectivity index (χ4v) is 3.36. The molecule has 1 aromatic heterocycles. The zero-order valence-electron chi connectivity index (χ0n) is 16.0. The van der Waals surface area contributed by atoms with Gasteiger partial charge in [0.1, 0.15) is 12.1 Å². The second-order valence-electron chi connectivity index (χ2n) is 6.72. The SMILES string of the molecule is CCc1ccccc1NC(=O)COc1cccc([C@H]2CC(=O)Nc3ncnn32)c1. The minimum Gasteiger partial charge on any atom is -0.484 e. The number of rotatable bonds is 6. The highest BCUT2D eigenvalue weighted by atomic mass is 16.5. The molecule has 0 spiro atoms. The van der Waals surface area contributed by atoms with E-state index in [2.05, 4.69) is 20.7 Å². The molecule has 4 rings (SSSR count). The van der Waals surface area contributed by atoms with Gasteiger partial charge in [-0.15, -0.1) is 0 Å². The fourth-order valence-electron chi connectivity index (χ4n) is 3.36. The van der Waals surface area contributed by atoms with Crippen LogP contribution in [0.5, 0.6) is 5.75 Å². The van der Waals surface area contributed by atoms with Crippen LogP contribution in [0.1, 0.15) is 30.5 Å². The van der Waals surface area contributed by atoms with E-state index in [1.54, 1.807) is 10.7 Å². The molecule has 1 atom stereocenters. The predicted octanol–water partition coefficient (Wildman–Crippen LogP) is 2.79. The second-order valence-corrected chi connectivity index (χ2v) is 6.72. The minimum absolute atomic E-state index is 0.110. The van der Waals surface area contributed by atoms with E-state index in [1.165, 1.54) is 6.33 Å². The number of anilines is 2. The summed E-state index contributed by atoms with van der Waals surface area (Å²) < 4.78 is 7.36. The van der Waals surface area contributed by atoms with Crippen molar-refractivity contribution in [2.45, 2.75) is 25.8 Å². The van der Waals surface area contributed by atoms with Crippen LogP contribution in [0.15, 0.2) is 54.9 Å². The summed E-state index contributed by atoms with van der Waals surface area (Å²) in [6.45, 7) is 1.93. The van der Waals surface area contributed by atoms with Crippen molar-refractivity contribution in [2.75, 3.05) is 17.2 Å². The summed E-state index contributed by atoms with van der Waals surface area (Å²) in [7, 11) is 0. The monoisotopic (exact) mass is 391 g/mol. The zero-order valence-corrected chi connectivity index (χ0v) is 16.0. The highest BCUT2D eigenvalue weighted by Crippen LogP contribution is 2.30. The van der Waals surface area contributed by atoms with E-state index in [4.69, 9.17) is 4.74 Å². The molecule has 148 valence electrons. The number of aryl methyl sites for hydroxylation is 1. The number of aromatic nitrogens is 3. The van der Waals surface area contributed by atoms with Crippen molar-refractivity contribution in [2.24, 2.45) is 0 Å². The first kappa shape index (κ1) is 18.7. The molecule has 2 aromatic carbocycles. The Morgan fingerprint density at radius 3 is 3.00 bits per heavy atom. The maximum atomic E-state index is 12.3. The van der Waals surface area contributed by atoms with Gasteiger partial charge in [0.25, 0.3) is 5.91 Å². The summed E-state index contributed by atoms with van der Waals surface area (Å²) in [5, 5.41) is 9.78. The molecule has 2 heterocycles. The van der Waals surface area contributed by atoms with E-state index in [0.29, 0.717) is 11.7 Å². The molecule has 2 amide bonds. The molecule has 1 aliphatic heterocycles. The molecular formula is C21H21N5O3. The molecule has 0 bridgehead atoms. The average molecular weight is 391 g/mol.